The van der Waals surface area contributed by atoms with Gasteiger partial charge in [-0.1, -0.05) is 41.4 Å². The van der Waals surface area contributed by atoms with Crippen LogP contribution < -0.4 is 0 Å². The van der Waals surface area contributed by atoms with E-state index in [1.165, 1.54) is 18.6 Å². The van der Waals surface area contributed by atoms with Crippen molar-refractivity contribution in [2.45, 2.75) is 25.1 Å². The predicted molar refractivity (Wildman–Crippen MR) is 157 cm³/mol. The third kappa shape index (κ3) is 5.15. The third-order valence-electron chi connectivity index (χ3n) is 7.42. The van der Waals surface area contributed by atoms with Gasteiger partial charge in [0.05, 0.1) is 34.4 Å². The molecule has 0 aliphatic rings. The Balaban J connectivity index is 1.50. The minimum absolute atomic E-state index is 0.0345. The number of benzene rings is 2. The Bertz CT molecular complexity index is 1960. The average Bonchev–Trinajstić information content (AvgIpc) is 3.68. The molecule has 12 heteroatoms. The van der Waals surface area contributed by atoms with Gasteiger partial charge in [-0.15, -0.1) is 0 Å². The number of rotatable bonds is 6. The second kappa shape index (κ2) is 10.8. The number of aromatic nitrogens is 6. The molecule has 0 amide bonds. The summed E-state index contributed by atoms with van der Waals surface area (Å²) in [6.45, 7) is 1.77. The normalized spacial score (nSPS) is 13.4. The van der Waals surface area contributed by atoms with Crippen LogP contribution in [0.1, 0.15) is 39.2 Å². The molecule has 4 aromatic heterocycles. The van der Waals surface area contributed by atoms with Gasteiger partial charge in [0.1, 0.15) is 10.8 Å². The summed E-state index contributed by atoms with van der Waals surface area (Å²) in [5, 5.41) is 17.7. The van der Waals surface area contributed by atoms with Gasteiger partial charge in [-0.2, -0.15) is 18.3 Å². The molecular weight excluding hydrogens is 600 g/mol. The van der Waals surface area contributed by atoms with E-state index in [2.05, 4.69) is 20.1 Å². The van der Waals surface area contributed by atoms with E-state index >= 15 is 0 Å². The van der Waals surface area contributed by atoms with Crippen molar-refractivity contribution in [2.24, 2.45) is 7.05 Å². The van der Waals surface area contributed by atoms with E-state index in [0.717, 1.165) is 23.5 Å². The fourth-order valence-corrected chi connectivity index (χ4v) is 5.84. The zero-order chi connectivity index (χ0) is 30.5. The molecule has 2 aromatic carbocycles. The van der Waals surface area contributed by atoms with Crippen molar-refractivity contribution in [3.05, 3.63) is 135 Å². The number of nitrogens with zero attached hydrogens (tertiary/aromatic N) is 6. The molecule has 218 valence electrons. The number of imidazole rings is 1. The summed E-state index contributed by atoms with van der Waals surface area (Å²) in [6.07, 6.45) is 3.10. The molecule has 6 aromatic rings. The van der Waals surface area contributed by atoms with Crippen LogP contribution in [0.2, 0.25) is 10.2 Å². The first-order valence-corrected chi connectivity index (χ1v) is 13.8. The number of fused-ring (bicyclic) bond motifs is 1. The molecule has 0 radical (unpaired) electrons. The highest BCUT2D eigenvalue weighted by atomic mass is 35.5. The van der Waals surface area contributed by atoms with Gasteiger partial charge in [-0.3, -0.25) is 4.98 Å². The van der Waals surface area contributed by atoms with Crippen LogP contribution in [0.3, 0.4) is 0 Å². The average molecular weight is 623 g/mol. The van der Waals surface area contributed by atoms with Gasteiger partial charge in [0.2, 0.25) is 0 Å². The van der Waals surface area contributed by atoms with Crippen LogP contribution in [0.15, 0.2) is 85.7 Å². The van der Waals surface area contributed by atoms with Crippen LogP contribution in [0.25, 0.3) is 16.6 Å². The quantitative estimate of drug-likeness (QED) is 0.201. The summed E-state index contributed by atoms with van der Waals surface area (Å²) in [7, 11) is 1.65. The van der Waals surface area contributed by atoms with Gasteiger partial charge in [0.25, 0.3) is 0 Å². The summed E-state index contributed by atoms with van der Waals surface area (Å²) in [5.41, 5.74) is 0.848. The lowest BCUT2D eigenvalue weighted by Crippen LogP contribution is -2.32. The van der Waals surface area contributed by atoms with Crippen LogP contribution in [0.4, 0.5) is 13.2 Å². The molecule has 0 spiro atoms. The standard InChI is InChI=1S/C31H23Cl2F3N6O/c1-18-12-21(30(43,26-16-37-17-41(26)2)20-8-10-38-25(15-20)31(34,35)36)14-23-27(32)24(29(33)40-28(18)23)13-19-4-6-22(7-5-19)42-11-3-9-39-42/h3-12,14-17,43H,13H2,1-2H3. The first-order valence-electron chi connectivity index (χ1n) is 13.1. The zero-order valence-corrected chi connectivity index (χ0v) is 24.3. The maximum absolute atomic E-state index is 13.7. The molecule has 1 unspecified atom stereocenters. The minimum Gasteiger partial charge on any atom is -0.374 e. The maximum atomic E-state index is 13.7. The van der Waals surface area contributed by atoms with E-state index in [1.807, 2.05) is 36.5 Å². The summed E-state index contributed by atoms with van der Waals surface area (Å²) >= 11 is 13.6. The van der Waals surface area contributed by atoms with Crippen molar-refractivity contribution in [1.29, 1.82) is 0 Å². The molecule has 0 saturated heterocycles. The number of hydrogen-bond donors (Lipinski definition) is 1. The molecular formula is C31H23Cl2F3N6O. The Morgan fingerprint density at radius 2 is 1.74 bits per heavy atom. The van der Waals surface area contributed by atoms with Gasteiger partial charge in [-0.05, 0) is 65.6 Å². The maximum Gasteiger partial charge on any atom is 0.433 e. The first-order chi connectivity index (χ1) is 20.5. The fourth-order valence-electron chi connectivity index (χ4n) is 5.24. The van der Waals surface area contributed by atoms with E-state index in [1.54, 1.807) is 41.5 Å². The largest absolute Gasteiger partial charge is 0.433 e. The third-order valence-corrected chi connectivity index (χ3v) is 8.16. The Labute approximate surface area is 254 Å². The Kier molecular flexibility index (Phi) is 7.24. The molecule has 4 heterocycles. The first kappa shape index (κ1) is 28.9. The fraction of sp³-hybridized carbons (Fsp3) is 0.161. The molecule has 0 aliphatic heterocycles. The highest BCUT2D eigenvalue weighted by Gasteiger charge is 2.40. The summed E-state index contributed by atoms with van der Waals surface area (Å²) in [6, 6.07) is 15.1. The van der Waals surface area contributed by atoms with E-state index in [0.29, 0.717) is 33.5 Å². The lowest BCUT2D eigenvalue weighted by atomic mass is 9.82. The van der Waals surface area contributed by atoms with Crippen LogP contribution in [-0.4, -0.2) is 34.4 Å². The lowest BCUT2D eigenvalue weighted by Gasteiger charge is -2.31. The number of hydrogen-bond acceptors (Lipinski definition) is 5. The molecule has 0 bridgehead atoms. The van der Waals surface area contributed by atoms with E-state index in [4.69, 9.17) is 23.2 Å². The molecule has 43 heavy (non-hydrogen) atoms. The van der Waals surface area contributed by atoms with Crippen molar-refractivity contribution >= 4 is 34.1 Å². The van der Waals surface area contributed by atoms with Crippen molar-refractivity contribution < 1.29 is 18.3 Å². The second-order valence-corrected chi connectivity index (χ2v) is 10.9. The monoisotopic (exact) mass is 622 g/mol. The molecule has 1 N–H and O–H groups in total. The smallest absolute Gasteiger partial charge is 0.374 e. The lowest BCUT2D eigenvalue weighted by molar-refractivity contribution is -0.141. The Morgan fingerprint density at radius 3 is 2.40 bits per heavy atom. The summed E-state index contributed by atoms with van der Waals surface area (Å²) in [4.78, 5) is 12.2. The number of pyridine rings is 2. The van der Waals surface area contributed by atoms with Gasteiger partial charge >= 0.3 is 6.18 Å². The topological polar surface area (TPSA) is 81.7 Å². The van der Waals surface area contributed by atoms with Crippen molar-refractivity contribution in [3.8, 4) is 5.69 Å². The number of alkyl halides is 3. The van der Waals surface area contributed by atoms with E-state index in [-0.39, 0.29) is 22.0 Å². The predicted octanol–water partition coefficient (Wildman–Crippen LogP) is 7.06. The highest BCUT2D eigenvalue weighted by Crippen LogP contribution is 2.42. The van der Waals surface area contributed by atoms with Crippen LogP contribution in [-0.2, 0) is 25.2 Å². The van der Waals surface area contributed by atoms with E-state index in [9.17, 15) is 18.3 Å². The summed E-state index contributed by atoms with van der Waals surface area (Å²) in [5.74, 6) is 0. The summed E-state index contributed by atoms with van der Waals surface area (Å²) < 4.78 is 44.3. The minimum atomic E-state index is -4.71. The SMILES string of the molecule is Cc1cc(C(O)(c2ccnc(C(F)(F)F)c2)c2cncn2C)cc2c(Cl)c(Cc3ccc(-n4cccn4)cc3)c(Cl)nc12. The molecule has 7 nitrogen and oxygen atoms in total. The van der Waals surface area contributed by atoms with Gasteiger partial charge in [0, 0.05) is 43.0 Å². The molecule has 1 atom stereocenters. The second-order valence-electron chi connectivity index (χ2n) is 10.2. The number of aryl methyl sites for hydroxylation is 2. The van der Waals surface area contributed by atoms with Gasteiger partial charge in [-0.25, -0.2) is 14.6 Å². The molecule has 6 rings (SSSR count). The van der Waals surface area contributed by atoms with Crippen molar-refractivity contribution in [2.75, 3.05) is 0 Å². The molecule has 0 saturated carbocycles. The highest BCUT2D eigenvalue weighted by molar-refractivity contribution is 6.39. The van der Waals surface area contributed by atoms with Crippen molar-refractivity contribution in [1.82, 2.24) is 29.3 Å². The van der Waals surface area contributed by atoms with E-state index < -0.39 is 17.5 Å². The zero-order valence-electron chi connectivity index (χ0n) is 22.8. The number of halogens is 5. The van der Waals surface area contributed by atoms with Gasteiger partial charge in [0.15, 0.2) is 5.60 Å². The van der Waals surface area contributed by atoms with Crippen LogP contribution >= 0.6 is 23.2 Å². The Hall–Kier alpha value is -4.25. The Morgan fingerprint density at radius 1 is 0.977 bits per heavy atom. The van der Waals surface area contributed by atoms with Gasteiger partial charge < -0.3 is 9.67 Å². The van der Waals surface area contributed by atoms with Crippen LogP contribution in [0.5, 0.6) is 0 Å². The van der Waals surface area contributed by atoms with Crippen LogP contribution in [0, 0.1) is 6.92 Å². The van der Waals surface area contributed by atoms with Crippen molar-refractivity contribution in [3.63, 3.8) is 0 Å². The molecule has 0 aliphatic carbocycles. The molecule has 0 fully saturated rings. The number of aliphatic hydroxyl groups is 1.